The van der Waals surface area contributed by atoms with Crippen LogP contribution in [-0.4, -0.2) is 17.5 Å². The Morgan fingerprint density at radius 1 is 1.75 bits per heavy atom. The van der Waals surface area contributed by atoms with Gasteiger partial charge in [-0.2, -0.15) is 0 Å². The van der Waals surface area contributed by atoms with E-state index in [4.69, 9.17) is 5.11 Å². The third kappa shape index (κ3) is 6.05. The summed E-state index contributed by atoms with van der Waals surface area (Å²) in [5, 5.41) is 10.7. The van der Waals surface area contributed by atoms with Gasteiger partial charge in [-0.05, 0) is 25.0 Å². The summed E-state index contributed by atoms with van der Waals surface area (Å²) in [6.07, 6.45) is 4.53. The lowest BCUT2D eigenvalue weighted by atomic mass is 10.3. The summed E-state index contributed by atoms with van der Waals surface area (Å²) in [5.41, 5.74) is 0. The molecule has 0 aliphatic carbocycles. The second-order valence-electron chi connectivity index (χ2n) is 1.69. The van der Waals surface area contributed by atoms with Gasteiger partial charge >= 0.3 is 0 Å². The van der Waals surface area contributed by atoms with Crippen molar-refractivity contribution in [1.82, 2.24) is 0 Å². The van der Waals surface area contributed by atoms with E-state index in [1.807, 2.05) is 17.7 Å². The molecule has 8 heavy (non-hydrogen) atoms. The van der Waals surface area contributed by atoms with E-state index in [-0.39, 0.29) is 6.10 Å². The average Bonchev–Trinajstić information content (AvgIpc) is 1.66. The molecule has 0 aromatic carbocycles. The summed E-state index contributed by atoms with van der Waals surface area (Å²) in [6.45, 7) is 1.78. The van der Waals surface area contributed by atoms with Crippen LogP contribution in [0.15, 0.2) is 11.5 Å². The van der Waals surface area contributed by atoms with E-state index >= 15 is 0 Å². The SMILES string of the molecule is CSC=CCC(C)O. The fourth-order valence-corrected chi connectivity index (χ4v) is 0.652. The van der Waals surface area contributed by atoms with Crippen molar-refractivity contribution in [2.45, 2.75) is 19.4 Å². The third-order valence-corrected chi connectivity index (χ3v) is 1.17. The van der Waals surface area contributed by atoms with Gasteiger partial charge in [0.25, 0.3) is 0 Å². The van der Waals surface area contributed by atoms with Crippen LogP contribution in [0.25, 0.3) is 0 Å². The molecule has 1 unspecified atom stereocenters. The van der Waals surface area contributed by atoms with E-state index < -0.39 is 0 Å². The normalized spacial score (nSPS) is 14.9. The lowest BCUT2D eigenvalue weighted by Crippen LogP contribution is -1.94. The second kappa shape index (κ2) is 5.19. The van der Waals surface area contributed by atoms with Crippen molar-refractivity contribution < 1.29 is 5.11 Å². The highest BCUT2D eigenvalue weighted by atomic mass is 32.2. The van der Waals surface area contributed by atoms with E-state index in [1.165, 1.54) is 0 Å². The molecule has 0 radical (unpaired) electrons. The minimum atomic E-state index is -0.196. The van der Waals surface area contributed by atoms with Crippen molar-refractivity contribution in [1.29, 1.82) is 0 Å². The van der Waals surface area contributed by atoms with E-state index in [9.17, 15) is 0 Å². The zero-order valence-electron chi connectivity index (χ0n) is 5.29. The van der Waals surface area contributed by atoms with Gasteiger partial charge in [-0.15, -0.1) is 11.8 Å². The molecule has 0 saturated carbocycles. The third-order valence-electron chi connectivity index (χ3n) is 0.710. The first-order valence-electron chi connectivity index (χ1n) is 2.63. The first-order chi connectivity index (χ1) is 3.77. The first-order valence-corrected chi connectivity index (χ1v) is 3.92. The molecule has 48 valence electrons. The summed E-state index contributed by atoms with van der Waals surface area (Å²) in [7, 11) is 0. The predicted octanol–water partition coefficient (Wildman–Crippen LogP) is 1.63. The van der Waals surface area contributed by atoms with E-state index in [2.05, 4.69) is 0 Å². The molecular weight excluding hydrogens is 120 g/mol. The first kappa shape index (κ1) is 8.05. The standard InChI is InChI=1S/C6H12OS/c1-6(7)4-3-5-8-2/h3,5-7H,4H2,1-2H3. The van der Waals surface area contributed by atoms with Crippen molar-refractivity contribution in [3.63, 3.8) is 0 Å². The zero-order chi connectivity index (χ0) is 6.41. The van der Waals surface area contributed by atoms with Gasteiger partial charge in [-0.1, -0.05) is 6.08 Å². The van der Waals surface area contributed by atoms with Crippen molar-refractivity contribution in [3.8, 4) is 0 Å². The molecule has 0 aliphatic heterocycles. The molecule has 0 bridgehead atoms. The number of thioether (sulfide) groups is 1. The fourth-order valence-electron chi connectivity index (χ4n) is 0.349. The lowest BCUT2D eigenvalue weighted by Gasteiger charge is -1.94. The Morgan fingerprint density at radius 2 is 2.38 bits per heavy atom. The lowest BCUT2D eigenvalue weighted by molar-refractivity contribution is 0.198. The molecule has 0 aromatic heterocycles. The van der Waals surface area contributed by atoms with Crippen LogP contribution in [0.2, 0.25) is 0 Å². The molecule has 1 N–H and O–H groups in total. The second-order valence-corrected chi connectivity index (χ2v) is 2.44. The van der Waals surface area contributed by atoms with Gasteiger partial charge in [-0.3, -0.25) is 0 Å². The Morgan fingerprint density at radius 3 is 2.75 bits per heavy atom. The molecule has 0 heterocycles. The van der Waals surface area contributed by atoms with Crippen LogP contribution < -0.4 is 0 Å². The molecule has 0 amide bonds. The Labute approximate surface area is 54.8 Å². The van der Waals surface area contributed by atoms with Crippen LogP contribution >= 0.6 is 11.8 Å². The molecular formula is C6H12OS. The maximum absolute atomic E-state index is 8.72. The minimum absolute atomic E-state index is 0.196. The van der Waals surface area contributed by atoms with E-state index in [0.717, 1.165) is 6.42 Å². The Kier molecular flexibility index (Phi) is 5.22. The van der Waals surface area contributed by atoms with Gasteiger partial charge < -0.3 is 5.11 Å². The van der Waals surface area contributed by atoms with Crippen LogP contribution in [0.1, 0.15) is 13.3 Å². The van der Waals surface area contributed by atoms with Crippen molar-refractivity contribution in [2.75, 3.05) is 6.26 Å². The van der Waals surface area contributed by atoms with E-state index in [1.54, 1.807) is 18.7 Å². The number of rotatable bonds is 3. The van der Waals surface area contributed by atoms with Gasteiger partial charge in [0.1, 0.15) is 0 Å². The summed E-state index contributed by atoms with van der Waals surface area (Å²) >= 11 is 1.65. The monoisotopic (exact) mass is 132 g/mol. The molecule has 0 saturated heterocycles. The van der Waals surface area contributed by atoms with Crippen molar-refractivity contribution >= 4 is 11.8 Å². The average molecular weight is 132 g/mol. The van der Waals surface area contributed by atoms with Gasteiger partial charge in [-0.25, -0.2) is 0 Å². The molecule has 0 rings (SSSR count). The van der Waals surface area contributed by atoms with E-state index in [0.29, 0.717) is 0 Å². The largest absolute Gasteiger partial charge is 0.393 e. The number of aliphatic hydroxyl groups excluding tert-OH is 1. The smallest absolute Gasteiger partial charge is 0.0546 e. The maximum atomic E-state index is 8.72. The molecule has 1 atom stereocenters. The molecule has 0 spiro atoms. The Balaban J connectivity index is 3.03. The van der Waals surface area contributed by atoms with Crippen LogP contribution in [0.3, 0.4) is 0 Å². The molecule has 2 heteroatoms. The topological polar surface area (TPSA) is 20.2 Å². The molecule has 0 aliphatic rings. The van der Waals surface area contributed by atoms with Crippen molar-refractivity contribution in [3.05, 3.63) is 11.5 Å². The molecule has 0 fully saturated rings. The minimum Gasteiger partial charge on any atom is -0.393 e. The summed E-state index contributed by atoms with van der Waals surface area (Å²) in [4.78, 5) is 0. The summed E-state index contributed by atoms with van der Waals surface area (Å²) in [6, 6.07) is 0. The van der Waals surface area contributed by atoms with Crippen molar-refractivity contribution in [2.24, 2.45) is 0 Å². The fraction of sp³-hybridized carbons (Fsp3) is 0.667. The van der Waals surface area contributed by atoms with Crippen LogP contribution in [0, 0.1) is 0 Å². The number of aliphatic hydroxyl groups is 1. The summed E-state index contributed by atoms with van der Waals surface area (Å²) in [5.74, 6) is 0. The highest BCUT2D eigenvalue weighted by Crippen LogP contribution is 1.97. The Bertz CT molecular complexity index is 68.9. The molecule has 0 aromatic rings. The van der Waals surface area contributed by atoms with Gasteiger partial charge in [0.15, 0.2) is 0 Å². The highest BCUT2D eigenvalue weighted by molar-refractivity contribution is 8.01. The van der Waals surface area contributed by atoms with Gasteiger partial charge in [0, 0.05) is 0 Å². The van der Waals surface area contributed by atoms with Crippen LogP contribution in [0.5, 0.6) is 0 Å². The predicted molar refractivity (Wildman–Crippen MR) is 39.0 cm³/mol. The van der Waals surface area contributed by atoms with Gasteiger partial charge in [0.2, 0.25) is 0 Å². The maximum Gasteiger partial charge on any atom is 0.0546 e. The summed E-state index contributed by atoms with van der Waals surface area (Å²) < 4.78 is 0. The quantitative estimate of drug-likeness (QED) is 0.630. The van der Waals surface area contributed by atoms with Crippen LogP contribution in [-0.2, 0) is 0 Å². The number of hydrogen-bond donors (Lipinski definition) is 1. The van der Waals surface area contributed by atoms with Gasteiger partial charge in [0.05, 0.1) is 6.10 Å². The number of hydrogen-bond acceptors (Lipinski definition) is 2. The zero-order valence-corrected chi connectivity index (χ0v) is 6.11. The highest BCUT2D eigenvalue weighted by Gasteiger charge is 1.86. The van der Waals surface area contributed by atoms with Crippen LogP contribution in [0.4, 0.5) is 0 Å². The molecule has 1 nitrogen and oxygen atoms in total. The Hall–Kier alpha value is 0.0500.